The summed E-state index contributed by atoms with van der Waals surface area (Å²) in [6, 6.07) is 6.19. The fourth-order valence-electron chi connectivity index (χ4n) is 4.75. The molecule has 1 saturated carbocycles. The smallest absolute Gasteiger partial charge is 0.283 e. The van der Waals surface area contributed by atoms with Crippen LogP contribution in [0.5, 0.6) is 0 Å². The van der Waals surface area contributed by atoms with Crippen LogP contribution in [0.4, 0.5) is 5.69 Å². The molecule has 5 N–H and O–H groups in total. The highest BCUT2D eigenvalue weighted by Gasteiger charge is 2.51. The third-order valence-electron chi connectivity index (χ3n) is 7.36. The summed E-state index contributed by atoms with van der Waals surface area (Å²) in [5.74, 6) is -1.76. The van der Waals surface area contributed by atoms with Crippen LogP contribution in [-0.2, 0) is 35.2 Å². The molecule has 1 aromatic carbocycles. The second-order valence-corrected chi connectivity index (χ2v) is 10.2. The van der Waals surface area contributed by atoms with Crippen LogP contribution in [-0.4, -0.2) is 68.2 Å². The molecule has 1 aliphatic carbocycles. The summed E-state index contributed by atoms with van der Waals surface area (Å²) in [5.41, 5.74) is 5.83. The lowest BCUT2D eigenvalue weighted by molar-refractivity contribution is -0.151. The topological polar surface area (TPSA) is 160 Å². The van der Waals surface area contributed by atoms with Crippen molar-refractivity contribution in [1.82, 2.24) is 15.5 Å². The van der Waals surface area contributed by atoms with Gasteiger partial charge in [0.1, 0.15) is 11.5 Å². The molecule has 0 saturated heterocycles. The van der Waals surface area contributed by atoms with E-state index in [0.717, 1.165) is 12.0 Å². The van der Waals surface area contributed by atoms with Gasteiger partial charge in [0.15, 0.2) is 0 Å². The van der Waals surface area contributed by atoms with E-state index in [2.05, 4.69) is 20.6 Å². The summed E-state index contributed by atoms with van der Waals surface area (Å²) in [6.45, 7) is 1.43. The largest absolute Gasteiger partial charge is 0.444 e. The van der Waals surface area contributed by atoms with Gasteiger partial charge in [-0.05, 0) is 75.6 Å². The third kappa shape index (κ3) is 8.25. The van der Waals surface area contributed by atoms with Crippen LogP contribution in [0.15, 0.2) is 36.4 Å². The number of nitrogens with zero attached hydrogens (tertiary/aromatic N) is 1. The van der Waals surface area contributed by atoms with Gasteiger partial charge >= 0.3 is 0 Å². The zero-order valence-electron chi connectivity index (χ0n) is 22.8. The average Bonchev–Trinajstić information content (AvgIpc) is 3.23. The maximum atomic E-state index is 13.4. The Balaban J connectivity index is 1.50. The molecule has 0 unspecified atom stereocenters. The summed E-state index contributed by atoms with van der Waals surface area (Å²) in [7, 11) is 5.10. The van der Waals surface area contributed by atoms with Crippen molar-refractivity contribution in [3.05, 3.63) is 42.0 Å². The Kier molecular flexibility index (Phi) is 11.9. The third-order valence-corrected chi connectivity index (χ3v) is 7.36. The molecule has 214 valence electrons. The van der Waals surface area contributed by atoms with Crippen LogP contribution in [0.2, 0.25) is 0 Å². The molecule has 2 radical (unpaired) electrons. The number of carbonyl (C=O) groups is 5. The highest BCUT2D eigenvalue weighted by atomic mass is 16.4. The number of unbranched alkanes of at least 4 members (excludes halogenated alkanes) is 3. The molecular formula is C28H38BN5O6. The number of nitrogens with one attached hydrogen (secondary N) is 3. The number of imide groups is 1. The number of nitrogens with two attached hydrogens (primary N) is 1. The Morgan fingerprint density at radius 2 is 1.68 bits per heavy atom. The molecule has 40 heavy (non-hydrogen) atoms. The molecule has 3 rings (SSSR count). The number of carbonyl (C=O) groups excluding carboxylic acids is 5. The lowest BCUT2D eigenvalue weighted by Crippen LogP contribution is -2.58. The van der Waals surface area contributed by atoms with E-state index in [4.69, 9.17) is 13.8 Å². The Bertz CT molecular complexity index is 1070. The molecule has 1 fully saturated rings. The summed E-state index contributed by atoms with van der Waals surface area (Å²) in [4.78, 5) is 64.0. The quantitative estimate of drug-likeness (QED) is 0.0980. The summed E-state index contributed by atoms with van der Waals surface area (Å²) in [5, 5.41) is 8.54. The summed E-state index contributed by atoms with van der Waals surface area (Å²) >= 11 is 0. The van der Waals surface area contributed by atoms with Gasteiger partial charge in [-0.25, -0.2) is 0 Å². The van der Waals surface area contributed by atoms with Gasteiger partial charge < -0.3 is 26.3 Å². The van der Waals surface area contributed by atoms with E-state index in [1.165, 1.54) is 17.1 Å². The van der Waals surface area contributed by atoms with Gasteiger partial charge in [-0.2, -0.15) is 0 Å². The van der Waals surface area contributed by atoms with E-state index in [1.807, 2.05) is 0 Å². The van der Waals surface area contributed by atoms with E-state index in [-0.39, 0.29) is 30.2 Å². The van der Waals surface area contributed by atoms with E-state index in [9.17, 15) is 24.0 Å². The van der Waals surface area contributed by atoms with Crippen molar-refractivity contribution in [3.8, 4) is 0 Å². The van der Waals surface area contributed by atoms with Crippen LogP contribution >= 0.6 is 0 Å². The van der Waals surface area contributed by atoms with Crippen molar-refractivity contribution in [2.45, 2.75) is 70.4 Å². The maximum absolute atomic E-state index is 13.4. The molecule has 1 aromatic rings. The predicted octanol–water partition coefficient (Wildman–Crippen LogP) is 1.22. The zero-order chi connectivity index (χ0) is 29.0. The van der Waals surface area contributed by atoms with E-state index >= 15 is 0 Å². The van der Waals surface area contributed by atoms with Gasteiger partial charge in [-0.1, -0.05) is 18.6 Å². The second kappa shape index (κ2) is 15.3. The molecule has 11 nitrogen and oxygen atoms in total. The Hall–Kier alpha value is -3.51. The molecule has 12 heteroatoms. The predicted molar refractivity (Wildman–Crippen MR) is 149 cm³/mol. The van der Waals surface area contributed by atoms with Crippen LogP contribution in [0, 0.1) is 5.41 Å². The van der Waals surface area contributed by atoms with Crippen molar-refractivity contribution in [2.24, 2.45) is 11.1 Å². The normalized spacial score (nSPS) is 16.4. The van der Waals surface area contributed by atoms with Crippen molar-refractivity contribution in [1.29, 1.82) is 0 Å². The Morgan fingerprint density at radius 1 is 0.975 bits per heavy atom. The molecule has 0 aromatic heterocycles. The number of hydrogen-bond acceptors (Lipinski definition) is 7. The fraction of sp³-hybridized carbons (Fsp3) is 0.536. The lowest BCUT2D eigenvalue weighted by Gasteiger charge is -2.39. The minimum atomic E-state index is -1.20. The van der Waals surface area contributed by atoms with Gasteiger partial charge in [0, 0.05) is 30.9 Å². The van der Waals surface area contributed by atoms with Crippen LogP contribution in [0.25, 0.3) is 0 Å². The SMILES string of the molecule is [B]OCc1ccc(NC(=O)[C@H](CCCCN)NC(=O)C2(C(=O)NCCCCCN3C(=O)C=CC3=O)CCC2)cc1. The van der Waals surface area contributed by atoms with Gasteiger partial charge in [-0.3, -0.25) is 28.9 Å². The highest BCUT2D eigenvalue weighted by molar-refractivity contribution is 6.12. The second-order valence-electron chi connectivity index (χ2n) is 10.2. The average molecular weight is 551 g/mol. The van der Waals surface area contributed by atoms with Crippen molar-refractivity contribution >= 4 is 43.3 Å². The minimum Gasteiger partial charge on any atom is -0.444 e. The van der Waals surface area contributed by atoms with E-state index in [1.54, 1.807) is 24.3 Å². The first-order valence-corrected chi connectivity index (χ1v) is 13.8. The molecule has 5 amide bonds. The van der Waals surface area contributed by atoms with Gasteiger partial charge in [0.25, 0.3) is 19.9 Å². The van der Waals surface area contributed by atoms with Gasteiger partial charge in [-0.15, -0.1) is 0 Å². The number of benzene rings is 1. The first-order chi connectivity index (χ1) is 19.3. The number of amides is 5. The maximum Gasteiger partial charge on any atom is 0.283 e. The van der Waals surface area contributed by atoms with Crippen LogP contribution in [0.1, 0.15) is 63.4 Å². The first kappa shape index (κ1) is 31.0. The molecule has 0 spiro atoms. The van der Waals surface area contributed by atoms with Crippen molar-refractivity contribution < 1.29 is 28.6 Å². The summed E-state index contributed by atoms with van der Waals surface area (Å²) in [6.07, 6.45) is 7.82. The molecule has 1 aliphatic heterocycles. The monoisotopic (exact) mass is 551 g/mol. The van der Waals surface area contributed by atoms with Gasteiger partial charge in [0.05, 0.1) is 6.61 Å². The molecule has 0 bridgehead atoms. The fourth-order valence-corrected chi connectivity index (χ4v) is 4.75. The van der Waals surface area contributed by atoms with Crippen LogP contribution in [0.3, 0.4) is 0 Å². The van der Waals surface area contributed by atoms with Gasteiger partial charge in [0.2, 0.25) is 17.7 Å². The number of hydrogen-bond donors (Lipinski definition) is 4. The van der Waals surface area contributed by atoms with Crippen molar-refractivity contribution in [2.75, 3.05) is 25.0 Å². The minimum absolute atomic E-state index is 0.245. The Morgan fingerprint density at radius 3 is 2.27 bits per heavy atom. The number of rotatable bonds is 17. The molecule has 1 atom stereocenters. The zero-order valence-corrected chi connectivity index (χ0v) is 22.8. The Labute approximate surface area is 236 Å². The summed E-state index contributed by atoms with van der Waals surface area (Å²) < 4.78 is 4.62. The lowest BCUT2D eigenvalue weighted by atomic mass is 9.67. The standard InChI is InChI=1S/C28H38BN5O6/c29-40-19-20-8-10-21(11-9-20)32-25(37)22(7-2-3-16-30)33-27(39)28(14-6-15-28)26(38)31-17-4-1-5-18-34-23(35)12-13-24(34)36/h8-13,22H,1-7,14-19,30H2,(H,31,38)(H,32,37)(H,33,39)/t22-/m0/s1. The van der Waals surface area contributed by atoms with Crippen molar-refractivity contribution in [3.63, 3.8) is 0 Å². The number of anilines is 1. The van der Waals surface area contributed by atoms with E-state index in [0.29, 0.717) is 76.7 Å². The molecular weight excluding hydrogens is 513 g/mol. The van der Waals surface area contributed by atoms with Crippen LogP contribution < -0.4 is 21.7 Å². The molecule has 2 aliphatic rings. The first-order valence-electron chi connectivity index (χ1n) is 13.8. The highest BCUT2D eigenvalue weighted by Crippen LogP contribution is 2.41. The molecule has 1 heterocycles. The van der Waals surface area contributed by atoms with E-state index < -0.39 is 17.4 Å².